The first-order valence-electron chi connectivity index (χ1n) is 8.62. The van der Waals surface area contributed by atoms with Gasteiger partial charge >= 0.3 is 0 Å². The van der Waals surface area contributed by atoms with E-state index in [0.717, 1.165) is 17.9 Å². The number of amides is 1. The van der Waals surface area contributed by atoms with Crippen molar-refractivity contribution >= 4 is 17.2 Å². The van der Waals surface area contributed by atoms with Gasteiger partial charge in [0.25, 0.3) is 0 Å². The zero-order valence-corrected chi connectivity index (χ0v) is 14.4. The summed E-state index contributed by atoms with van der Waals surface area (Å²) >= 11 is 1.71. The van der Waals surface area contributed by atoms with Crippen LogP contribution in [0.25, 0.3) is 0 Å². The van der Waals surface area contributed by atoms with Gasteiger partial charge in [-0.2, -0.15) is 0 Å². The molecule has 1 aliphatic rings. The SMILES string of the molecule is O=C(CCC1CCCCC1)N(Cc1ccoc1)Cc1cccs1. The van der Waals surface area contributed by atoms with Crippen LogP contribution in [0.5, 0.6) is 0 Å². The molecule has 3 rings (SSSR count). The average molecular weight is 331 g/mol. The summed E-state index contributed by atoms with van der Waals surface area (Å²) in [5.41, 5.74) is 1.06. The van der Waals surface area contributed by atoms with Crippen LogP contribution >= 0.6 is 11.3 Å². The Balaban J connectivity index is 1.57. The third-order valence-corrected chi connectivity index (χ3v) is 5.59. The molecule has 0 saturated heterocycles. The third-order valence-electron chi connectivity index (χ3n) is 4.72. The summed E-state index contributed by atoms with van der Waals surface area (Å²) in [5.74, 6) is 1.02. The molecule has 3 nitrogen and oxygen atoms in total. The molecule has 0 radical (unpaired) electrons. The Kier molecular flexibility index (Phi) is 5.92. The van der Waals surface area contributed by atoms with Crippen molar-refractivity contribution in [3.05, 3.63) is 46.5 Å². The standard InChI is InChI=1S/C19H25NO2S/c21-19(9-8-16-5-2-1-3-6-16)20(13-17-10-11-22-15-17)14-18-7-4-12-23-18/h4,7,10-12,15-16H,1-3,5-6,8-9,13-14H2. The lowest BCUT2D eigenvalue weighted by molar-refractivity contribution is -0.132. The highest BCUT2D eigenvalue weighted by atomic mass is 32.1. The second-order valence-electron chi connectivity index (χ2n) is 6.50. The smallest absolute Gasteiger partial charge is 0.223 e. The minimum atomic E-state index is 0.269. The normalized spacial score (nSPS) is 15.7. The molecule has 2 aromatic rings. The lowest BCUT2D eigenvalue weighted by Crippen LogP contribution is -2.30. The molecule has 0 aromatic carbocycles. The molecule has 0 bridgehead atoms. The molecule has 0 aliphatic heterocycles. The van der Waals surface area contributed by atoms with Crippen LogP contribution in [0, 0.1) is 5.92 Å². The molecule has 0 atom stereocenters. The van der Waals surface area contributed by atoms with E-state index in [2.05, 4.69) is 11.4 Å². The van der Waals surface area contributed by atoms with Gasteiger partial charge in [-0.05, 0) is 29.9 Å². The van der Waals surface area contributed by atoms with Crippen LogP contribution in [0.15, 0.2) is 40.5 Å². The molecule has 4 heteroatoms. The first kappa shape index (κ1) is 16.3. The predicted octanol–water partition coefficient (Wildman–Crippen LogP) is 5.23. The van der Waals surface area contributed by atoms with E-state index >= 15 is 0 Å². The zero-order chi connectivity index (χ0) is 15.9. The van der Waals surface area contributed by atoms with Crippen LogP contribution in [-0.2, 0) is 17.9 Å². The summed E-state index contributed by atoms with van der Waals surface area (Å²) in [5, 5.41) is 2.07. The summed E-state index contributed by atoms with van der Waals surface area (Å²) in [7, 11) is 0. The van der Waals surface area contributed by atoms with E-state index in [-0.39, 0.29) is 5.91 Å². The fourth-order valence-electron chi connectivity index (χ4n) is 3.39. The van der Waals surface area contributed by atoms with Crippen molar-refractivity contribution in [3.8, 4) is 0 Å². The van der Waals surface area contributed by atoms with Crippen molar-refractivity contribution in [2.75, 3.05) is 0 Å². The number of hydrogen-bond acceptors (Lipinski definition) is 3. The van der Waals surface area contributed by atoms with Gasteiger partial charge in [0.15, 0.2) is 0 Å². The lowest BCUT2D eigenvalue weighted by atomic mass is 9.86. The van der Waals surface area contributed by atoms with E-state index in [1.165, 1.54) is 37.0 Å². The largest absolute Gasteiger partial charge is 0.472 e. The highest BCUT2D eigenvalue weighted by Gasteiger charge is 2.19. The van der Waals surface area contributed by atoms with E-state index in [1.807, 2.05) is 17.0 Å². The molecule has 1 fully saturated rings. The minimum absolute atomic E-state index is 0.269. The van der Waals surface area contributed by atoms with E-state index in [1.54, 1.807) is 23.9 Å². The van der Waals surface area contributed by atoms with Crippen molar-refractivity contribution < 1.29 is 9.21 Å². The van der Waals surface area contributed by atoms with Crippen LogP contribution < -0.4 is 0 Å². The van der Waals surface area contributed by atoms with Crippen LogP contribution in [-0.4, -0.2) is 10.8 Å². The maximum Gasteiger partial charge on any atom is 0.223 e. The number of carbonyl (C=O) groups excluding carboxylic acids is 1. The average Bonchev–Trinajstić information content (AvgIpc) is 3.27. The van der Waals surface area contributed by atoms with Gasteiger partial charge in [-0.15, -0.1) is 11.3 Å². The fourth-order valence-corrected chi connectivity index (χ4v) is 4.11. The van der Waals surface area contributed by atoms with E-state index < -0.39 is 0 Å². The molecule has 1 saturated carbocycles. The summed E-state index contributed by atoms with van der Waals surface area (Å²) in [6.07, 6.45) is 11.8. The van der Waals surface area contributed by atoms with Crippen LogP contribution in [0.4, 0.5) is 0 Å². The predicted molar refractivity (Wildman–Crippen MR) is 93.1 cm³/mol. The molecule has 0 spiro atoms. The number of carbonyl (C=O) groups is 1. The molecule has 23 heavy (non-hydrogen) atoms. The van der Waals surface area contributed by atoms with E-state index in [4.69, 9.17) is 4.42 Å². The minimum Gasteiger partial charge on any atom is -0.472 e. The van der Waals surface area contributed by atoms with Crippen LogP contribution in [0.2, 0.25) is 0 Å². The molecule has 1 aliphatic carbocycles. The van der Waals surface area contributed by atoms with Crippen LogP contribution in [0.1, 0.15) is 55.4 Å². The van der Waals surface area contributed by atoms with Crippen molar-refractivity contribution in [1.82, 2.24) is 4.90 Å². The van der Waals surface area contributed by atoms with Gasteiger partial charge in [-0.1, -0.05) is 38.2 Å². The molecule has 2 heterocycles. The van der Waals surface area contributed by atoms with Gasteiger partial charge in [-0.25, -0.2) is 0 Å². The van der Waals surface area contributed by atoms with Gasteiger partial charge in [0.05, 0.1) is 19.1 Å². The number of nitrogens with zero attached hydrogens (tertiary/aromatic N) is 1. The Labute approximate surface area is 142 Å². The Morgan fingerprint density at radius 2 is 2.09 bits per heavy atom. The van der Waals surface area contributed by atoms with Crippen molar-refractivity contribution in [1.29, 1.82) is 0 Å². The van der Waals surface area contributed by atoms with Crippen molar-refractivity contribution in [3.63, 3.8) is 0 Å². The summed E-state index contributed by atoms with van der Waals surface area (Å²) in [4.78, 5) is 15.9. The van der Waals surface area contributed by atoms with Gasteiger partial charge in [0.2, 0.25) is 5.91 Å². The van der Waals surface area contributed by atoms with Gasteiger partial charge in [0.1, 0.15) is 0 Å². The third kappa shape index (κ3) is 4.96. The van der Waals surface area contributed by atoms with E-state index in [9.17, 15) is 4.79 Å². The number of hydrogen-bond donors (Lipinski definition) is 0. The quantitative estimate of drug-likeness (QED) is 0.696. The number of rotatable bonds is 7. The topological polar surface area (TPSA) is 33.5 Å². The second kappa shape index (κ2) is 8.34. The molecule has 124 valence electrons. The summed E-state index contributed by atoms with van der Waals surface area (Å²) in [6, 6.07) is 6.08. The number of furan rings is 1. The maximum absolute atomic E-state index is 12.7. The van der Waals surface area contributed by atoms with Crippen LogP contribution in [0.3, 0.4) is 0 Å². The van der Waals surface area contributed by atoms with E-state index in [0.29, 0.717) is 19.5 Å². The lowest BCUT2D eigenvalue weighted by Gasteiger charge is -2.25. The molecule has 1 amide bonds. The highest BCUT2D eigenvalue weighted by Crippen LogP contribution is 2.28. The Bertz CT molecular complexity index is 534. The van der Waals surface area contributed by atoms with Crippen molar-refractivity contribution in [2.24, 2.45) is 5.92 Å². The Morgan fingerprint density at radius 1 is 1.22 bits per heavy atom. The van der Waals surface area contributed by atoms with Gasteiger partial charge in [-0.3, -0.25) is 4.79 Å². The first-order chi connectivity index (χ1) is 11.3. The Morgan fingerprint density at radius 3 is 2.78 bits per heavy atom. The maximum atomic E-state index is 12.7. The second-order valence-corrected chi connectivity index (χ2v) is 7.54. The molecular weight excluding hydrogens is 306 g/mol. The van der Waals surface area contributed by atoms with Gasteiger partial charge in [0, 0.05) is 23.4 Å². The van der Waals surface area contributed by atoms with Gasteiger partial charge < -0.3 is 9.32 Å². The molecule has 0 unspecified atom stereocenters. The Hall–Kier alpha value is -1.55. The van der Waals surface area contributed by atoms with Crippen molar-refractivity contribution in [2.45, 2.75) is 58.0 Å². The fraction of sp³-hybridized carbons (Fsp3) is 0.526. The summed E-state index contributed by atoms with van der Waals surface area (Å²) in [6.45, 7) is 1.34. The highest BCUT2D eigenvalue weighted by molar-refractivity contribution is 7.09. The molecular formula is C19H25NO2S. The summed E-state index contributed by atoms with van der Waals surface area (Å²) < 4.78 is 5.15. The molecule has 0 N–H and O–H groups in total. The number of thiophene rings is 1. The molecule has 2 aromatic heterocycles. The monoisotopic (exact) mass is 331 g/mol. The first-order valence-corrected chi connectivity index (χ1v) is 9.50. The zero-order valence-electron chi connectivity index (χ0n) is 13.6.